The quantitative estimate of drug-likeness (QED) is 0.496. The Labute approximate surface area is 148 Å². The van der Waals surface area contributed by atoms with Gasteiger partial charge in [-0.25, -0.2) is 4.39 Å². The number of carbonyl (C=O) groups excluding carboxylic acids is 1. The zero-order chi connectivity index (χ0) is 17.8. The summed E-state index contributed by atoms with van der Waals surface area (Å²) in [4.78, 5) is 12.0. The monoisotopic (exact) mass is 360 g/mol. The minimum atomic E-state index is -0.354. The molecule has 130 valence electrons. The van der Waals surface area contributed by atoms with Crippen LogP contribution in [0, 0.1) is 5.82 Å². The van der Waals surface area contributed by atoms with Gasteiger partial charge in [0, 0.05) is 5.56 Å². The van der Waals surface area contributed by atoms with Gasteiger partial charge < -0.3 is 4.74 Å². The fourth-order valence-electron chi connectivity index (χ4n) is 2.32. The molecule has 2 heterocycles. The van der Waals surface area contributed by atoms with Gasteiger partial charge in [-0.05, 0) is 37.6 Å². The number of halogens is 1. The molecule has 3 aromatic rings. The van der Waals surface area contributed by atoms with Crippen LogP contribution in [0.1, 0.15) is 20.3 Å². The number of hydrogen-bond acceptors (Lipinski definition) is 6. The lowest BCUT2D eigenvalue weighted by atomic mass is 10.2. The normalized spacial score (nSPS) is 12.3. The van der Waals surface area contributed by atoms with E-state index in [9.17, 15) is 9.18 Å². The first kappa shape index (κ1) is 17.3. The van der Waals surface area contributed by atoms with Gasteiger partial charge in [-0.3, -0.25) is 4.79 Å². The molecule has 0 aliphatic rings. The highest BCUT2D eigenvalue weighted by Gasteiger charge is 2.20. The van der Waals surface area contributed by atoms with Crippen LogP contribution in [0.25, 0.3) is 17.0 Å². The van der Waals surface area contributed by atoms with E-state index < -0.39 is 0 Å². The number of rotatable bonds is 6. The van der Waals surface area contributed by atoms with E-state index in [1.54, 1.807) is 35.7 Å². The maximum absolute atomic E-state index is 13.5. The second kappa shape index (κ2) is 7.60. The summed E-state index contributed by atoms with van der Waals surface area (Å²) in [5, 5.41) is 13.0. The molecule has 25 heavy (non-hydrogen) atoms. The molecule has 0 radical (unpaired) electrons. The zero-order valence-electron chi connectivity index (χ0n) is 13.8. The van der Waals surface area contributed by atoms with Crippen molar-refractivity contribution in [3.8, 4) is 11.4 Å². The van der Waals surface area contributed by atoms with E-state index in [1.165, 1.54) is 23.9 Å². The molecule has 0 unspecified atom stereocenters. The van der Waals surface area contributed by atoms with Gasteiger partial charge >= 0.3 is 5.97 Å². The average Bonchev–Trinajstić information content (AvgIpc) is 3.03. The Morgan fingerprint density at radius 2 is 2.12 bits per heavy atom. The minimum absolute atomic E-state index is 0.258. The average molecular weight is 360 g/mol. The Morgan fingerprint density at radius 1 is 1.28 bits per heavy atom. The van der Waals surface area contributed by atoms with Gasteiger partial charge in [-0.1, -0.05) is 30.8 Å². The number of ether oxygens (including phenoxy) is 1. The summed E-state index contributed by atoms with van der Waals surface area (Å²) in [5.74, 6) is -0.166. The largest absolute Gasteiger partial charge is 0.465 e. The van der Waals surface area contributed by atoms with Gasteiger partial charge in [-0.15, -0.1) is 10.2 Å². The van der Waals surface area contributed by atoms with Gasteiger partial charge in [-0.2, -0.15) is 9.61 Å². The van der Waals surface area contributed by atoms with Crippen molar-refractivity contribution in [3.05, 3.63) is 42.2 Å². The third-order valence-electron chi connectivity index (χ3n) is 3.50. The fraction of sp³-hybridized carbons (Fsp3) is 0.294. The molecule has 0 saturated heterocycles. The number of benzene rings is 1. The lowest BCUT2D eigenvalue weighted by molar-refractivity contribution is -0.142. The van der Waals surface area contributed by atoms with Gasteiger partial charge in [0.15, 0.2) is 11.5 Å². The van der Waals surface area contributed by atoms with Crippen LogP contribution in [-0.4, -0.2) is 37.6 Å². The second-order valence-corrected chi connectivity index (χ2v) is 6.47. The molecule has 8 heteroatoms. The summed E-state index contributed by atoms with van der Waals surface area (Å²) < 4.78 is 20.1. The highest BCUT2D eigenvalue weighted by Crippen LogP contribution is 2.26. The molecule has 1 atom stereocenters. The molecule has 0 bridgehead atoms. The number of carbonyl (C=O) groups is 1. The number of hydrogen-bond donors (Lipinski definition) is 0. The van der Waals surface area contributed by atoms with E-state index in [2.05, 4.69) is 15.3 Å². The number of thioether (sulfide) groups is 1. The number of aromatic nitrogens is 4. The SMILES string of the molecule is CCOC(=O)[C@H](CC)Sc1ccc2nnc(-c3cccc(F)c3)n2n1. The van der Waals surface area contributed by atoms with Crippen LogP contribution in [0.15, 0.2) is 41.4 Å². The summed E-state index contributed by atoms with van der Waals surface area (Å²) in [7, 11) is 0. The first-order valence-electron chi connectivity index (χ1n) is 7.94. The van der Waals surface area contributed by atoms with Crippen molar-refractivity contribution >= 4 is 23.4 Å². The highest BCUT2D eigenvalue weighted by atomic mass is 32.2. The van der Waals surface area contributed by atoms with Crippen molar-refractivity contribution < 1.29 is 13.9 Å². The molecule has 1 aromatic carbocycles. The fourth-order valence-corrected chi connectivity index (χ4v) is 3.22. The topological polar surface area (TPSA) is 69.4 Å². The van der Waals surface area contributed by atoms with Crippen LogP contribution >= 0.6 is 11.8 Å². The van der Waals surface area contributed by atoms with E-state index >= 15 is 0 Å². The smallest absolute Gasteiger partial charge is 0.319 e. The first-order valence-corrected chi connectivity index (χ1v) is 8.82. The van der Waals surface area contributed by atoms with Crippen molar-refractivity contribution in [2.75, 3.05) is 6.61 Å². The van der Waals surface area contributed by atoms with Gasteiger partial charge in [0.1, 0.15) is 16.1 Å². The molecule has 0 aliphatic carbocycles. The molecule has 3 rings (SSSR count). The Bertz CT molecular complexity index is 899. The number of nitrogens with zero attached hydrogens (tertiary/aromatic N) is 4. The molecule has 0 saturated carbocycles. The van der Waals surface area contributed by atoms with Crippen molar-refractivity contribution in [3.63, 3.8) is 0 Å². The number of esters is 1. The Balaban J connectivity index is 1.94. The molecule has 2 aromatic heterocycles. The molecular formula is C17H17FN4O2S. The van der Waals surface area contributed by atoms with Crippen LogP contribution in [0.4, 0.5) is 4.39 Å². The van der Waals surface area contributed by atoms with Crippen molar-refractivity contribution in [2.24, 2.45) is 0 Å². The Hall–Kier alpha value is -2.48. The molecular weight excluding hydrogens is 343 g/mol. The van der Waals surface area contributed by atoms with E-state index in [4.69, 9.17) is 4.74 Å². The lowest BCUT2D eigenvalue weighted by Crippen LogP contribution is -2.19. The van der Waals surface area contributed by atoms with Crippen molar-refractivity contribution in [1.29, 1.82) is 0 Å². The standard InChI is InChI=1S/C17H17FN4O2S/c1-3-13(17(23)24-4-2)25-15-9-8-14-19-20-16(22(14)21-15)11-6-5-7-12(18)10-11/h5-10,13H,3-4H2,1-2H3/t13-/m0/s1. The molecule has 6 nitrogen and oxygen atoms in total. The predicted molar refractivity (Wildman–Crippen MR) is 92.7 cm³/mol. The molecule has 0 N–H and O–H groups in total. The number of fused-ring (bicyclic) bond motifs is 1. The van der Waals surface area contributed by atoms with Crippen LogP contribution < -0.4 is 0 Å². The summed E-state index contributed by atoms with van der Waals surface area (Å²) in [6, 6.07) is 9.65. The van der Waals surface area contributed by atoms with Crippen LogP contribution in [0.5, 0.6) is 0 Å². The van der Waals surface area contributed by atoms with Crippen LogP contribution in [-0.2, 0) is 9.53 Å². The second-order valence-electron chi connectivity index (χ2n) is 5.24. The molecule has 0 amide bonds. The van der Waals surface area contributed by atoms with E-state index in [0.717, 1.165) is 0 Å². The minimum Gasteiger partial charge on any atom is -0.465 e. The molecule has 0 fully saturated rings. The predicted octanol–water partition coefficient (Wildman–Crippen LogP) is 3.36. The highest BCUT2D eigenvalue weighted by molar-refractivity contribution is 8.00. The summed E-state index contributed by atoms with van der Waals surface area (Å²) in [6.45, 7) is 4.05. The van der Waals surface area contributed by atoms with E-state index in [0.29, 0.717) is 35.1 Å². The van der Waals surface area contributed by atoms with Crippen LogP contribution in [0.3, 0.4) is 0 Å². The summed E-state index contributed by atoms with van der Waals surface area (Å²) in [6.07, 6.45) is 0.627. The Kier molecular flexibility index (Phi) is 5.28. The van der Waals surface area contributed by atoms with Crippen LogP contribution in [0.2, 0.25) is 0 Å². The summed E-state index contributed by atoms with van der Waals surface area (Å²) in [5.41, 5.74) is 1.13. The molecule has 0 aliphatic heterocycles. The first-order chi connectivity index (χ1) is 12.1. The lowest BCUT2D eigenvalue weighted by Gasteiger charge is -2.12. The van der Waals surface area contributed by atoms with Crippen molar-refractivity contribution in [2.45, 2.75) is 30.5 Å². The maximum atomic E-state index is 13.5. The van der Waals surface area contributed by atoms with Gasteiger partial charge in [0.25, 0.3) is 0 Å². The summed E-state index contributed by atoms with van der Waals surface area (Å²) >= 11 is 1.33. The third kappa shape index (κ3) is 3.79. The zero-order valence-corrected chi connectivity index (χ0v) is 14.7. The molecule has 0 spiro atoms. The van der Waals surface area contributed by atoms with Gasteiger partial charge in [0.05, 0.1) is 6.61 Å². The third-order valence-corrected chi connectivity index (χ3v) is 4.77. The Morgan fingerprint density at radius 3 is 2.84 bits per heavy atom. The van der Waals surface area contributed by atoms with Crippen molar-refractivity contribution in [1.82, 2.24) is 19.8 Å². The maximum Gasteiger partial charge on any atom is 0.319 e. The van der Waals surface area contributed by atoms with E-state index in [-0.39, 0.29) is 17.0 Å². The van der Waals surface area contributed by atoms with E-state index in [1.807, 2.05) is 6.92 Å². The van der Waals surface area contributed by atoms with Gasteiger partial charge in [0.2, 0.25) is 0 Å².